The van der Waals surface area contributed by atoms with Crippen molar-refractivity contribution in [2.75, 3.05) is 6.54 Å². The van der Waals surface area contributed by atoms with Crippen molar-refractivity contribution in [3.8, 4) is 0 Å². The number of aromatic nitrogens is 3. The molecule has 0 saturated heterocycles. The van der Waals surface area contributed by atoms with Crippen LogP contribution < -0.4 is 5.32 Å². The summed E-state index contributed by atoms with van der Waals surface area (Å²) in [6, 6.07) is 2.17. The molecule has 0 amide bonds. The smallest absolute Gasteiger partial charge is 0.0945 e. The molecule has 0 unspecified atom stereocenters. The molecule has 0 aliphatic carbocycles. The molecule has 0 aliphatic rings. The molecule has 0 saturated carbocycles. The second kappa shape index (κ2) is 6.25. The van der Waals surface area contributed by atoms with E-state index in [1.807, 2.05) is 18.7 Å². The Morgan fingerprint density at radius 1 is 1.29 bits per heavy atom. The average Bonchev–Trinajstić information content (AvgIpc) is 2.99. The van der Waals surface area contributed by atoms with E-state index in [0.29, 0.717) is 0 Å². The molecule has 2 aromatic rings. The molecule has 0 fully saturated rings. The van der Waals surface area contributed by atoms with Crippen LogP contribution >= 0.6 is 0 Å². The monoisotopic (exact) mass is 232 g/mol. The molecule has 4 heteroatoms. The summed E-state index contributed by atoms with van der Waals surface area (Å²) in [6.45, 7) is 6.22. The molecule has 0 aromatic carbocycles. The molecule has 2 rings (SSSR count). The molecule has 2 heterocycles. The van der Waals surface area contributed by atoms with Crippen LogP contribution in [0.4, 0.5) is 0 Å². The highest BCUT2D eigenvalue weighted by atomic mass is 15.0. The summed E-state index contributed by atoms with van der Waals surface area (Å²) in [6.07, 6.45) is 11.1. The summed E-state index contributed by atoms with van der Waals surface area (Å²) < 4.78 is 4.30. The SMILES string of the molecule is CCn1ccc(CNCCCn2ccnc2)c1. The third-order valence-electron chi connectivity index (χ3n) is 2.84. The second-order valence-corrected chi connectivity index (χ2v) is 4.18. The summed E-state index contributed by atoms with van der Waals surface area (Å²) in [7, 11) is 0. The number of aryl methyl sites for hydroxylation is 2. The van der Waals surface area contributed by atoms with Crippen molar-refractivity contribution < 1.29 is 0 Å². The largest absolute Gasteiger partial charge is 0.354 e. The minimum absolute atomic E-state index is 0.955. The van der Waals surface area contributed by atoms with Crippen LogP contribution in [-0.4, -0.2) is 20.7 Å². The van der Waals surface area contributed by atoms with Crippen molar-refractivity contribution in [2.45, 2.75) is 33.0 Å². The molecule has 92 valence electrons. The molecule has 2 aromatic heterocycles. The Balaban J connectivity index is 1.60. The zero-order valence-electron chi connectivity index (χ0n) is 10.3. The molecular weight excluding hydrogens is 212 g/mol. The lowest BCUT2D eigenvalue weighted by molar-refractivity contribution is 0.580. The zero-order chi connectivity index (χ0) is 11.9. The van der Waals surface area contributed by atoms with Gasteiger partial charge in [-0.05, 0) is 31.5 Å². The maximum absolute atomic E-state index is 4.02. The third-order valence-corrected chi connectivity index (χ3v) is 2.84. The van der Waals surface area contributed by atoms with Crippen LogP contribution in [0.1, 0.15) is 18.9 Å². The Hall–Kier alpha value is -1.55. The maximum Gasteiger partial charge on any atom is 0.0945 e. The molecule has 4 nitrogen and oxygen atoms in total. The van der Waals surface area contributed by atoms with Crippen LogP contribution in [0, 0.1) is 0 Å². The summed E-state index contributed by atoms with van der Waals surface area (Å²) in [4.78, 5) is 4.02. The van der Waals surface area contributed by atoms with Gasteiger partial charge in [0.2, 0.25) is 0 Å². The average molecular weight is 232 g/mol. The van der Waals surface area contributed by atoms with Gasteiger partial charge in [-0.15, -0.1) is 0 Å². The van der Waals surface area contributed by atoms with Gasteiger partial charge in [0.1, 0.15) is 0 Å². The van der Waals surface area contributed by atoms with Crippen molar-refractivity contribution in [1.82, 2.24) is 19.4 Å². The fraction of sp³-hybridized carbons (Fsp3) is 0.462. The minimum Gasteiger partial charge on any atom is -0.354 e. The van der Waals surface area contributed by atoms with E-state index < -0.39 is 0 Å². The lowest BCUT2D eigenvalue weighted by Crippen LogP contribution is -2.16. The number of rotatable bonds is 7. The van der Waals surface area contributed by atoms with Gasteiger partial charge >= 0.3 is 0 Å². The van der Waals surface area contributed by atoms with Crippen LogP contribution in [0.25, 0.3) is 0 Å². The van der Waals surface area contributed by atoms with Gasteiger partial charge in [-0.2, -0.15) is 0 Å². The number of imidazole rings is 1. The number of hydrogen-bond donors (Lipinski definition) is 1. The van der Waals surface area contributed by atoms with Crippen LogP contribution in [0.2, 0.25) is 0 Å². The Labute approximate surface area is 102 Å². The van der Waals surface area contributed by atoms with E-state index in [4.69, 9.17) is 0 Å². The first-order valence-electron chi connectivity index (χ1n) is 6.19. The molecule has 17 heavy (non-hydrogen) atoms. The number of hydrogen-bond acceptors (Lipinski definition) is 2. The summed E-state index contributed by atoms with van der Waals surface area (Å²) in [5, 5.41) is 3.45. The van der Waals surface area contributed by atoms with E-state index in [2.05, 4.69) is 44.8 Å². The Morgan fingerprint density at radius 2 is 2.24 bits per heavy atom. The van der Waals surface area contributed by atoms with Crippen molar-refractivity contribution in [2.24, 2.45) is 0 Å². The van der Waals surface area contributed by atoms with Crippen molar-refractivity contribution >= 4 is 0 Å². The molecule has 0 bridgehead atoms. The van der Waals surface area contributed by atoms with E-state index in [0.717, 1.165) is 32.6 Å². The molecule has 1 N–H and O–H groups in total. The van der Waals surface area contributed by atoms with Crippen LogP contribution in [0.15, 0.2) is 37.2 Å². The molecule has 0 spiro atoms. The van der Waals surface area contributed by atoms with E-state index in [9.17, 15) is 0 Å². The van der Waals surface area contributed by atoms with Gasteiger partial charge in [-0.25, -0.2) is 4.98 Å². The van der Waals surface area contributed by atoms with Crippen LogP contribution in [0.5, 0.6) is 0 Å². The summed E-state index contributed by atoms with van der Waals surface area (Å²) in [5.74, 6) is 0. The molecule has 0 radical (unpaired) electrons. The van der Waals surface area contributed by atoms with Gasteiger partial charge in [0, 0.05) is 44.4 Å². The first-order valence-corrected chi connectivity index (χ1v) is 6.19. The Kier molecular flexibility index (Phi) is 4.38. The minimum atomic E-state index is 0.955. The normalized spacial score (nSPS) is 10.9. The highest BCUT2D eigenvalue weighted by Gasteiger charge is 1.95. The topological polar surface area (TPSA) is 34.8 Å². The first-order chi connectivity index (χ1) is 8.38. The summed E-state index contributed by atoms with van der Waals surface area (Å²) >= 11 is 0. The van der Waals surface area contributed by atoms with Gasteiger partial charge < -0.3 is 14.5 Å². The fourth-order valence-corrected chi connectivity index (χ4v) is 1.83. The van der Waals surface area contributed by atoms with Crippen molar-refractivity contribution in [3.63, 3.8) is 0 Å². The second-order valence-electron chi connectivity index (χ2n) is 4.18. The van der Waals surface area contributed by atoms with Gasteiger partial charge in [-0.1, -0.05) is 0 Å². The molecule has 0 atom stereocenters. The van der Waals surface area contributed by atoms with E-state index >= 15 is 0 Å². The van der Waals surface area contributed by atoms with Crippen molar-refractivity contribution in [1.29, 1.82) is 0 Å². The highest BCUT2D eigenvalue weighted by Crippen LogP contribution is 2.00. The standard InChI is InChI=1S/C13H20N4/c1-2-16-8-4-13(11-16)10-14-5-3-7-17-9-6-15-12-17/h4,6,8-9,11-12,14H,2-3,5,7,10H2,1H3. The van der Waals surface area contributed by atoms with Crippen molar-refractivity contribution in [3.05, 3.63) is 42.7 Å². The predicted molar refractivity (Wildman–Crippen MR) is 68.7 cm³/mol. The first kappa shape index (κ1) is 11.9. The van der Waals surface area contributed by atoms with E-state index in [-0.39, 0.29) is 0 Å². The summed E-state index contributed by atoms with van der Waals surface area (Å²) in [5.41, 5.74) is 1.36. The maximum atomic E-state index is 4.02. The third kappa shape index (κ3) is 3.75. The van der Waals surface area contributed by atoms with Gasteiger partial charge in [-0.3, -0.25) is 0 Å². The lowest BCUT2D eigenvalue weighted by atomic mass is 10.3. The van der Waals surface area contributed by atoms with Gasteiger partial charge in [0.25, 0.3) is 0 Å². The van der Waals surface area contributed by atoms with Gasteiger partial charge in [0.05, 0.1) is 6.33 Å². The van der Waals surface area contributed by atoms with E-state index in [1.165, 1.54) is 5.56 Å². The van der Waals surface area contributed by atoms with Crippen LogP contribution in [0.3, 0.4) is 0 Å². The zero-order valence-corrected chi connectivity index (χ0v) is 10.3. The number of nitrogens with zero attached hydrogens (tertiary/aromatic N) is 3. The fourth-order valence-electron chi connectivity index (χ4n) is 1.83. The Morgan fingerprint density at radius 3 is 2.94 bits per heavy atom. The Bertz CT molecular complexity index is 416. The highest BCUT2D eigenvalue weighted by molar-refractivity contribution is 5.09. The predicted octanol–water partition coefficient (Wildman–Crippen LogP) is 1.88. The molecular formula is C13H20N4. The molecule has 0 aliphatic heterocycles. The lowest BCUT2D eigenvalue weighted by Gasteiger charge is -2.04. The number of nitrogens with one attached hydrogen (secondary N) is 1. The quantitative estimate of drug-likeness (QED) is 0.740. The van der Waals surface area contributed by atoms with Gasteiger partial charge in [0.15, 0.2) is 0 Å². The van der Waals surface area contributed by atoms with Crippen LogP contribution in [-0.2, 0) is 19.6 Å². The van der Waals surface area contributed by atoms with E-state index in [1.54, 1.807) is 0 Å².